The second-order valence-corrected chi connectivity index (χ2v) is 5.86. The van der Waals surface area contributed by atoms with Crippen LogP contribution in [0, 0.1) is 6.92 Å². The number of hydrogen-bond acceptors (Lipinski definition) is 7. The predicted molar refractivity (Wildman–Crippen MR) is 99.2 cm³/mol. The zero-order valence-electron chi connectivity index (χ0n) is 14.5. The number of fused-ring (bicyclic) bond motifs is 1. The van der Waals surface area contributed by atoms with Crippen LogP contribution in [0.2, 0.25) is 0 Å². The molecule has 0 aliphatic heterocycles. The lowest BCUT2D eigenvalue weighted by Gasteiger charge is -2.07. The molecule has 8 nitrogen and oxygen atoms in total. The Balaban J connectivity index is 1.53. The fraction of sp³-hybridized carbons (Fsp3) is 0.105. The molecule has 4 rings (SSSR count). The molecule has 0 aliphatic rings. The van der Waals surface area contributed by atoms with Gasteiger partial charge >= 0.3 is 5.97 Å². The Bertz CT molecular complexity index is 1120. The molecule has 0 radical (unpaired) electrons. The van der Waals surface area contributed by atoms with Gasteiger partial charge in [0.1, 0.15) is 11.4 Å². The molecule has 0 aliphatic carbocycles. The van der Waals surface area contributed by atoms with Gasteiger partial charge in [-0.3, -0.25) is 0 Å². The first-order chi connectivity index (χ1) is 13.1. The van der Waals surface area contributed by atoms with Gasteiger partial charge in [-0.25, -0.2) is 24.4 Å². The molecule has 0 saturated carbocycles. The lowest BCUT2D eigenvalue weighted by atomic mass is 10.2. The molecule has 0 atom stereocenters. The number of carbonyl (C=O) groups excluding carboxylic acids is 1. The number of esters is 1. The van der Waals surface area contributed by atoms with Gasteiger partial charge in [-0.2, -0.15) is 5.10 Å². The molecule has 0 unspecified atom stereocenters. The van der Waals surface area contributed by atoms with Crippen LogP contribution in [-0.2, 0) is 11.3 Å². The second kappa shape index (κ2) is 6.83. The number of para-hydroxylation sites is 1. The van der Waals surface area contributed by atoms with Gasteiger partial charge in [0, 0.05) is 11.6 Å². The first-order valence-corrected chi connectivity index (χ1v) is 8.28. The highest BCUT2D eigenvalue weighted by Gasteiger charge is 2.17. The van der Waals surface area contributed by atoms with Crippen molar-refractivity contribution >= 4 is 22.7 Å². The minimum absolute atomic E-state index is 0.0813. The molecule has 3 heterocycles. The Hall–Kier alpha value is -3.81. The number of nitrogen functional groups attached to an aromatic ring is 1. The van der Waals surface area contributed by atoms with Crippen LogP contribution in [0.5, 0.6) is 0 Å². The normalized spacial score (nSPS) is 10.9. The highest BCUT2D eigenvalue weighted by Crippen LogP contribution is 2.18. The number of hydrogen-bond donors (Lipinski definition) is 1. The summed E-state index contributed by atoms with van der Waals surface area (Å²) in [5.41, 5.74) is 7.65. The molecule has 1 aromatic carbocycles. The van der Waals surface area contributed by atoms with Crippen molar-refractivity contribution in [3.8, 4) is 5.82 Å². The fourth-order valence-electron chi connectivity index (χ4n) is 2.74. The Morgan fingerprint density at radius 3 is 2.78 bits per heavy atom. The molecule has 3 aromatic heterocycles. The number of rotatable bonds is 4. The van der Waals surface area contributed by atoms with Crippen LogP contribution in [-0.4, -0.2) is 30.7 Å². The number of nitrogens with zero attached hydrogens (tertiary/aromatic N) is 5. The molecule has 0 bridgehead atoms. The van der Waals surface area contributed by atoms with Crippen molar-refractivity contribution in [1.82, 2.24) is 24.7 Å². The van der Waals surface area contributed by atoms with E-state index in [-0.39, 0.29) is 6.61 Å². The van der Waals surface area contributed by atoms with E-state index in [1.807, 2.05) is 36.4 Å². The van der Waals surface area contributed by atoms with Crippen molar-refractivity contribution < 1.29 is 9.53 Å². The third kappa shape index (κ3) is 3.20. The molecule has 2 N–H and O–H groups in total. The van der Waals surface area contributed by atoms with Crippen molar-refractivity contribution in [2.24, 2.45) is 0 Å². The van der Waals surface area contributed by atoms with Crippen LogP contribution in [0.25, 0.3) is 16.7 Å². The molecule has 0 spiro atoms. The van der Waals surface area contributed by atoms with Gasteiger partial charge < -0.3 is 10.5 Å². The summed E-state index contributed by atoms with van der Waals surface area (Å²) < 4.78 is 6.94. The SMILES string of the molecule is Cc1c(C(=O)OCc2nc(N)c3ccccc3n2)cnn1-c1ccccn1. The second-order valence-electron chi connectivity index (χ2n) is 5.86. The fourth-order valence-corrected chi connectivity index (χ4v) is 2.74. The third-order valence-corrected chi connectivity index (χ3v) is 4.11. The zero-order chi connectivity index (χ0) is 18.8. The van der Waals surface area contributed by atoms with Crippen LogP contribution in [0.4, 0.5) is 5.82 Å². The molecule has 0 saturated heterocycles. The summed E-state index contributed by atoms with van der Waals surface area (Å²) in [6.45, 7) is 1.70. The molecular weight excluding hydrogens is 344 g/mol. The Kier molecular flexibility index (Phi) is 4.21. The Morgan fingerprint density at radius 1 is 1.15 bits per heavy atom. The summed E-state index contributed by atoms with van der Waals surface area (Å²) in [6.07, 6.45) is 3.12. The topological polar surface area (TPSA) is 109 Å². The van der Waals surface area contributed by atoms with Gasteiger partial charge in [-0.05, 0) is 31.2 Å². The standard InChI is InChI=1S/C19H16N6O2/c1-12-14(10-22-25(12)17-8-4-5-9-21-17)19(26)27-11-16-23-15-7-3-2-6-13(15)18(20)24-16/h2-10H,11H2,1H3,(H2,20,23,24). The molecule has 0 amide bonds. The number of ether oxygens (including phenoxy) is 1. The van der Waals surface area contributed by atoms with E-state index in [1.54, 1.807) is 23.9 Å². The molecule has 27 heavy (non-hydrogen) atoms. The van der Waals surface area contributed by atoms with Gasteiger partial charge in [-0.15, -0.1) is 0 Å². The quantitative estimate of drug-likeness (QED) is 0.557. The van der Waals surface area contributed by atoms with Crippen LogP contribution >= 0.6 is 0 Å². The number of anilines is 1. The van der Waals surface area contributed by atoms with E-state index in [0.717, 1.165) is 5.39 Å². The van der Waals surface area contributed by atoms with Crippen molar-refractivity contribution in [2.75, 3.05) is 5.73 Å². The van der Waals surface area contributed by atoms with Gasteiger partial charge in [0.25, 0.3) is 0 Å². The summed E-state index contributed by atoms with van der Waals surface area (Å²) in [7, 11) is 0. The minimum Gasteiger partial charge on any atom is -0.454 e. The van der Waals surface area contributed by atoms with Crippen LogP contribution < -0.4 is 5.73 Å². The van der Waals surface area contributed by atoms with Crippen molar-refractivity contribution in [1.29, 1.82) is 0 Å². The zero-order valence-corrected chi connectivity index (χ0v) is 14.5. The van der Waals surface area contributed by atoms with E-state index in [0.29, 0.717) is 34.2 Å². The van der Waals surface area contributed by atoms with Crippen LogP contribution in [0.1, 0.15) is 21.9 Å². The van der Waals surface area contributed by atoms with Gasteiger partial charge in [0.05, 0.1) is 17.4 Å². The number of nitrogens with two attached hydrogens (primary N) is 1. The summed E-state index contributed by atoms with van der Waals surface area (Å²) in [4.78, 5) is 25.3. The summed E-state index contributed by atoms with van der Waals surface area (Å²) >= 11 is 0. The molecular formula is C19H16N6O2. The maximum atomic E-state index is 12.4. The smallest absolute Gasteiger partial charge is 0.342 e. The summed E-state index contributed by atoms with van der Waals surface area (Å²) in [5.74, 6) is 0.810. The monoisotopic (exact) mass is 360 g/mol. The Labute approximate surface area is 154 Å². The van der Waals surface area contributed by atoms with Crippen molar-refractivity contribution in [3.63, 3.8) is 0 Å². The average Bonchev–Trinajstić information content (AvgIpc) is 3.08. The number of benzene rings is 1. The summed E-state index contributed by atoms with van der Waals surface area (Å²) in [6, 6.07) is 12.9. The lowest BCUT2D eigenvalue weighted by molar-refractivity contribution is 0.0462. The first kappa shape index (κ1) is 16.6. The number of carbonyl (C=O) groups is 1. The third-order valence-electron chi connectivity index (χ3n) is 4.11. The highest BCUT2D eigenvalue weighted by molar-refractivity contribution is 5.90. The average molecular weight is 360 g/mol. The van der Waals surface area contributed by atoms with Crippen LogP contribution in [0.3, 0.4) is 0 Å². The minimum atomic E-state index is -0.509. The summed E-state index contributed by atoms with van der Waals surface area (Å²) in [5, 5.41) is 4.98. The van der Waals surface area contributed by atoms with Crippen molar-refractivity contribution in [2.45, 2.75) is 13.5 Å². The van der Waals surface area contributed by atoms with Crippen molar-refractivity contribution in [3.05, 3.63) is 71.9 Å². The largest absolute Gasteiger partial charge is 0.454 e. The molecule has 0 fully saturated rings. The van der Waals surface area contributed by atoms with E-state index in [2.05, 4.69) is 20.1 Å². The highest BCUT2D eigenvalue weighted by atomic mass is 16.5. The maximum absolute atomic E-state index is 12.4. The van der Waals surface area contributed by atoms with E-state index in [1.165, 1.54) is 6.20 Å². The lowest BCUT2D eigenvalue weighted by Crippen LogP contribution is -2.10. The van der Waals surface area contributed by atoms with E-state index in [4.69, 9.17) is 10.5 Å². The maximum Gasteiger partial charge on any atom is 0.342 e. The number of aromatic nitrogens is 5. The molecule has 8 heteroatoms. The van der Waals surface area contributed by atoms with Gasteiger partial charge in [0.15, 0.2) is 18.2 Å². The van der Waals surface area contributed by atoms with Gasteiger partial charge in [0.2, 0.25) is 0 Å². The predicted octanol–water partition coefficient (Wildman–Crippen LogP) is 2.46. The number of pyridine rings is 1. The Morgan fingerprint density at radius 2 is 1.96 bits per heavy atom. The van der Waals surface area contributed by atoms with E-state index >= 15 is 0 Å². The van der Waals surface area contributed by atoms with Gasteiger partial charge in [-0.1, -0.05) is 18.2 Å². The van der Waals surface area contributed by atoms with E-state index in [9.17, 15) is 4.79 Å². The molecule has 4 aromatic rings. The van der Waals surface area contributed by atoms with E-state index < -0.39 is 5.97 Å². The first-order valence-electron chi connectivity index (χ1n) is 8.28. The van der Waals surface area contributed by atoms with Crippen LogP contribution in [0.15, 0.2) is 54.9 Å². The molecule has 134 valence electrons.